The molecule has 0 aliphatic heterocycles. The second-order valence-corrected chi connectivity index (χ2v) is 5.20. The minimum Gasteiger partial charge on any atom is -0.385 e. The molecule has 0 atom stereocenters. The van der Waals surface area contributed by atoms with Crippen LogP contribution >= 0.6 is 0 Å². The number of aromatic nitrogens is 1. The highest BCUT2D eigenvalue weighted by atomic mass is 16.2. The molecule has 1 aliphatic rings. The molecule has 0 bridgehead atoms. The molecule has 1 heterocycles. The van der Waals surface area contributed by atoms with Gasteiger partial charge in [-0.25, -0.2) is 0 Å². The zero-order chi connectivity index (χ0) is 15.1. The van der Waals surface area contributed by atoms with Gasteiger partial charge in [0.25, 0.3) is 5.91 Å². The highest BCUT2D eigenvalue weighted by Gasteiger charge is 2.22. The quantitative estimate of drug-likeness (QED) is 0.674. The summed E-state index contributed by atoms with van der Waals surface area (Å²) < 4.78 is 0. The third-order valence-corrected chi connectivity index (χ3v) is 3.15. The van der Waals surface area contributed by atoms with E-state index in [0.717, 1.165) is 31.5 Å². The van der Waals surface area contributed by atoms with Gasteiger partial charge in [-0.15, -0.1) is 0 Å². The number of hydrogen-bond acceptors (Lipinski definition) is 4. The Bertz CT molecular complexity index is 500. The summed E-state index contributed by atoms with van der Waals surface area (Å²) in [6, 6.07) is 3.90. The summed E-state index contributed by atoms with van der Waals surface area (Å²) >= 11 is 0. The zero-order valence-corrected chi connectivity index (χ0v) is 12.3. The SMILES string of the molecule is CCCNc1ccnc(C(=O)NCCC(=O)NC2CC2)c1. The predicted octanol–water partition coefficient (Wildman–Crippen LogP) is 1.30. The number of carbonyl (C=O) groups is 2. The molecular weight excluding hydrogens is 268 g/mol. The zero-order valence-electron chi connectivity index (χ0n) is 12.3. The Hall–Kier alpha value is -2.11. The molecule has 3 N–H and O–H groups in total. The van der Waals surface area contributed by atoms with Crippen molar-refractivity contribution in [2.45, 2.75) is 38.6 Å². The molecule has 2 rings (SSSR count). The lowest BCUT2D eigenvalue weighted by molar-refractivity contribution is -0.121. The lowest BCUT2D eigenvalue weighted by Gasteiger charge is -2.08. The maximum Gasteiger partial charge on any atom is 0.269 e. The molecule has 1 aliphatic carbocycles. The summed E-state index contributed by atoms with van der Waals surface area (Å²) in [7, 11) is 0. The van der Waals surface area contributed by atoms with Crippen molar-refractivity contribution in [2.24, 2.45) is 0 Å². The van der Waals surface area contributed by atoms with E-state index < -0.39 is 0 Å². The molecule has 21 heavy (non-hydrogen) atoms. The van der Waals surface area contributed by atoms with Crippen molar-refractivity contribution in [2.75, 3.05) is 18.4 Å². The van der Waals surface area contributed by atoms with E-state index in [4.69, 9.17) is 0 Å². The number of carbonyl (C=O) groups excluding carboxylic acids is 2. The lowest BCUT2D eigenvalue weighted by Crippen LogP contribution is -2.32. The van der Waals surface area contributed by atoms with Gasteiger partial charge in [0.2, 0.25) is 5.91 Å². The summed E-state index contributed by atoms with van der Waals surface area (Å²) in [6.45, 7) is 3.26. The first-order chi connectivity index (χ1) is 10.2. The normalized spacial score (nSPS) is 13.6. The fraction of sp³-hybridized carbons (Fsp3) is 0.533. The summed E-state index contributed by atoms with van der Waals surface area (Å²) in [6.07, 6.45) is 5.06. The number of nitrogens with zero attached hydrogens (tertiary/aromatic N) is 1. The van der Waals surface area contributed by atoms with Crippen LogP contribution < -0.4 is 16.0 Å². The first-order valence-electron chi connectivity index (χ1n) is 7.46. The Kier molecular flexibility index (Phi) is 5.54. The smallest absolute Gasteiger partial charge is 0.269 e. The Morgan fingerprint density at radius 3 is 2.86 bits per heavy atom. The van der Waals surface area contributed by atoms with Gasteiger partial charge in [-0.05, 0) is 31.4 Å². The Labute approximate surface area is 124 Å². The summed E-state index contributed by atoms with van der Waals surface area (Å²) in [5.74, 6) is -0.265. The molecule has 0 unspecified atom stereocenters. The van der Waals surface area contributed by atoms with Crippen LogP contribution in [-0.2, 0) is 4.79 Å². The molecule has 0 saturated heterocycles. The van der Waals surface area contributed by atoms with E-state index in [1.54, 1.807) is 12.3 Å². The van der Waals surface area contributed by atoms with Gasteiger partial charge in [-0.3, -0.25) is 14.6 Å². The van der Waals surface area contributed by atoms with E-state index in [0.29, 0.717) is 24.7 Å². The number of hydrogen-bond donors (Lipinski definition) is 3. The Morgan fingerprint density at radius 1 is 1.33 bits per heavy atom. The van der Waals surface area contributed by atoms with Crippen LogP contribution in [-0.4, -0.2) is 35.9 Å². The van der Waals surface area contributed by atoms with Crippen molar-refractivity contribution in [3.63, 3.8) is 0 Å². The van der Waals surface area contributed by atoms with Crippen molar-refractivity contribution in [1.29, 1.82) is 0 Å². The third kappa shape index (κ3) is 5.41. The average molecular weight is 290 g/mol. The first kappa shape index (κ1) is 15.3. The van der Waals surface area contributed by atoms with Crippen LogP contribution in [0.15, 0.2) is 18.3 Å². The molecule has 1 aromatic rings. The minimum atomic E-state index is -0.255. The summed E-state index contributed by atoms with van der Waals surface area (Å²) in [4.78, 5) is 27.5. The topological polar surface area (TPSA) is 83.1 Å². The number of pyridine rings is 1. The van der Waals surface area contributed by atoms with E-state index in [1.165, 1.54) is 0 Å². The van der Waals surface area contributed by atoms with Crippen LogP contribution in [0.5, 0.6) is 0 Å². The molecular formula is C15H22N4O2. The lowest BCUT2D eigenvalue weighted by atomic mass is 10.3. The number of nitrogens with one attached hydrogen (secondary N) is 3. The number of rotatable bonds is 8. The molecule has 1 fully saturated rings. The highest BCUT2D eigenvalue weighted by molar-refractivity contribution is 5.93. The molecule has 0 spiro atoms. The monoisotopic (exact) mass is 290 g/mol. The maximum absolute atomic E-state index is 12.0. The van der Waals surface area contributed by atoms with Gasteiger partial charge < -0.3 is 16.0 Å². The standard InChI is InChI=1S/C15H22N4O2/c1-2-7-16-12-5-8-17-13(10-12)15(21)18-9-6-14(20)19-11-3-4-11/h5,8,10-11H,2-4,6-7,9H2,1H3,(H,16,17)(H,18,21)(H,19,20). The van der Waals surface area contributed by atoms with E-state index >= 15 is 0 Å². The third-order valence-electron chi connectivity index (χ3n) is 3.15. The Morgan fingerprint density at radius 2 is 2.14 bits per heavy atom. The maximum atomic E-state index is 12.0. The van der Waals surface area contributed by atoms with Crippen molar-refractivity contribution >= 4 is 17.5 Å². The van der Waals surface area contributed by atoms with Crippen LogP contribution in [0, 0.1) is 0 Å². The van der Waals surface area contributed by atoms with Gasteiger partial charge in [0.15, 0.2) is 0 Å². The van der Waals surface area contributed by atoms with Crippen molar-refractivity contribution in [3.05, 3.63) is 24.0 Å². The molecule has 1 saturated carbocycles. The van der Waals surface area contributed by atoms with Crippen LogP contribution in [0.3, 0.4) is 0 Å². The summed E-state index contributed by atoms with van der Waals surface area (Å²) in [5.41, 5.74) is 1.24. The van der Waals surface area contributed by atoms with Gasteiger partial charge in [-0.1, -0.05) is 6.92 Å². The summed E-state index contributed by atoms with van der Waals surface area (Å²) in [5, 5.41) is 8.81. The fourth-order valence-corrected chi connectivity index (χ4v) is 1.84. The molecule has 2 amide bonds. The second-order valence-electron chi connectivity index (χ2n) is 5.20. The fourth-order valence-electron chi connectivity index (χ4n) is 1.84. The number of anilines is 1. The van der Waals surface area contributed by atoms with Crippen LogP contribution in [0.4, 0.5) is 5.69 Å². The van der Waals surface area contributed by atoms with E-state index in [1.807, 2.05) is 6.07 Å². The molecule has 0 radical (unpaired) electrons. The first-order valence-corrected chi connectivity index (χ1v) is 7.46. The van der Waals surface area contributed by atoms with Gasteiger partial charge in [-0.2, -0.15) is 0 Å². The molecule has 1 aromatic heterocycles. The van der Waals surface area contributed by atoms with Crippen molar-refractivity contribution in [1.82, 2.24) is 15.6 Å². The van der Waals surface area contributed by atoms with Crippen LogP contribution in [0.1, 0.15) is 43.1 Å². The largest absolute Gasteiger partial charge is 0.385 e. The highest BCUT2D eigenvalue weighted by Crippen LogP contribution is 2.18. The second kappa shape index (κ2) is 7.61. The van der Waals surface area contributed by atoms with Gasteiger partial charge in [0.05, 0.1) is 0 Å². The van der Waals surface area contributed by atoms with Gasteiger partial charge in [0.1, 0.15) is 5.69 Å². The van der Waals surface area contributed by atoms with E-state index in [9.17, 15) is 9.59 Å². The van der Waals surface area contributed by atoms with Crippen LogP contribution in [0.2, 0.25) is 0 Å². The molecule has 6 nitrogen and oxygen atoms in total. The van der Waals surface area contributed by atoms with Gasteiger partial charge in [0, 0.05) is 37.4 Å². The molecule has 6 heteroatoms. The minimum absolute atomic E-state index is 0.0101. The van der Waals surface area contributed by atoms with Crippen LogP contribution in [0.25, 0.3) is 0 Å². The number of amides is 2. The average Bonchev–Trinajstić information content (AvgIpc) is 3.29. The van der Waals surface area contributed by atoms with E-state index in [-0.39, 0.29) is 11.8 Å². The molecule has 114 valence electrons. The van der Waals surface area contributed by atoms with Gasteiger partial charge >= 0.3 is 0 Å². The predicted molar refractivity (Wildman–Crippen MR) is 81.1 cm³/mol. The van der Waals surface area contributed by atoms with E-state index in [2.05, 4.69) is 27.9 Å². The Balaban J connectivity index is 1.75. The molecule has 0 aromatic carbocycles. The van der Waals surface area contributed by atoms with Crippen molar-refractivity contribution < 1.29 is 9.59 Å². The van der Waals surface area contributed by atoms with Crippen molar-refractivity contribution in [3.8, 4) is 0 Å².